The minimum atomic E-state index is -3.49. The van der Waals surface area contributed by atoms with Crippen LogP contribution in [0.1, 0.15) is 24.2 Å². The smallest absolute Gasteiger partial charge is 0.255 e. The van der Waals surface area contributed by atoms with Gasteiger partial charge >= 0.3 is 0 Å². The summed E-state index contributed by atoms with van der Waals surface area (Å²) in [6.45, 7) is 3.85. The number of sulfonamides is 1. The molecule has 0 atom stereocenters. The van der Waals surface area contributed by atoms with Crippen molar-refractivity contribution >= 4 is 37.5 Å². The molecule has 1 N–H and O–H groups in total. The maximum Gasteiger partial charge on any atom is 0.255 e. The Morgan fingerprint density at radius 2 is 1.73 bits per heavy atom. The van der Waals surface area contributed by atoms with Gasteiger partial charge in [0.1, 0.15) is 5.75 Å². The highest BCUT2D eigenvalue weighted by Gasteiger charge is 2.17. The molecule has 0 aromatic heterocycles. The molecule has 0 saturated heterocycles. The fourth-order valence-electron chi connectivity index (χ4n) is 2.12. The number of carbonyl (C=O) groups excluding carboxylic acids is 1. The molecule has 26 heavy (non-hydrogen) atoms. The van der Waals surface area contributed by atoms with Crippen LogP contribution >= 0.6 is 15.9 Å². The first-order chi connectivity index (χ1) is 12.1. The summed E-state index contributed by atoms with van der Waals surface area (Å²) in [7, 11) is -0.559. The van der Waals surface area contributed by atoms with E-state index in [0.717, 1.165) is 4.31 Å². The molecule has 0 saturated carbocycles. The van der Waals surface area contributed by atoms with Crippen LogP contribution in [0, 0.1) is 0 Å². The van der Waals surface area contributed by atoms with Crippen LogP contribution in [0.5, 0.6) is 5.75 Å². The summed E-state index contributed by atoms with van der Waals surface area (Å²) in [5.41, 5.74) is 0.962. The molecule has 0 bridgehead atoms. The fourth-order valence-corrected chi connectivity index (χ4v) is 3.49. The number of nitrogens with zero attached hydrogens (tertiary/aromatic N) is 1. The van der Waals surface area contributed by atoms with Gasteiger partial charge in [-0.3, -0.25) is 4.79 Å². The molecule has 8 heteroatoms. The van der Waals surface area contributed by atoms with Gasteiger partial charge in [0.2, 0.25) is 10.0 Å². The third kappa shape index (κ3) is 4.84. The van der Waals surface area contributed by atoms with Gasteiger partial charge in [-0.05, 0) is 72.2 Å². The molecule has 2 rings (SSSR count). The summed E-state index contributed by atoms with van der Waals surface area (Å²) in [5.74, 6) is 0.361. The second-order valence-electron chi connectivity index (χ2n) is 6.08. The number of halogens is 1. The molecule has 0 aliphatic rings. The van der Waals surface area contributed by atoms with Gasteiger partial charge in [0.25, 0.3) is 5.91 Å². The van der Waals surface area contributed by atoms with E-state index in [-0.39, 0.29) is 16.9 Å². The number of benzene rings is 2. The first-order valence-corrected chi connectivity index (χ1v) is 10.1. The average molecular weight is 441 g/mol. The predicted molar refractivity (Wildman–Crippen MR) is 105 cm³/mol. The lowest BCUT2D eigenvalue weighted by atomic mass is 10.2. The zero-order valence-corrected chi connectivity index (χ0v) is 17.4. The van der Waals surface area contributed by atoms with Crippen molar-refractivity contribution in [1.29, 1.82) is 0 Å². The van der Waals surface area contributed by atoms with Gasteiger partial charge in [-0.25, -0.2) is 12.7 Å². The lowest BCUT2D eigenvalue weighted by Crippen LogP contribution is -2.22. The Kier molecular flexibility index (Phi) is 6.44. The molecule has 6 nitrogen and oxygen atoms in total. The van der Waals surface area contributed by atoms with Crippen molar-refractivity contribution < 1.29 is 17.9 Å². The minimum absolute atomic E-state index is 0.0305. The van der Waals surface area contributed by atoms with Gasteiger partial charge < -0.3 is 10.1 Å². The molecule has 2 aromatic rings. The molecule has 0 fully saturated rings. The SMILES string of the molecule is CC(C)Oc1ccc(C(=O)Nc2ccc(S(=O)(=O)N(C)C)cc2)cc1Br. The first-order valence-electron chi connectivity index (χ1n) is 7.91. The molecule has 0 aliphatic carbocycles. The molecular formula is C18H21BrN2O4S. The summed E-state index contributed by atoms with van der Waals surface area (Å²) in [5, 5.41) is 2.74. The number of hydrogen-bond acceptors (Lipinski definition) is 4. The fraction of sp³-hybridized carbons (Fsp3) is 0.278. The predicted octanol–water partition coefficient (Wildman–Crippen LogP) is 3.74. The van der Waals surface area contributed by atoms with Gasteiger partial charge in [-0.1, -0.05) is 0 Å². The maximum atomic E-state index is 12.4. The third-order valence-corrected chi connectivity index (χ3v) is 5.90. The van der Waals surface area contributed by atoms with E-state index in [1.54, 1.807) is 30.3 Å². The van der Waals surface area contributed by atoms with Crippen molar-refractivity contribution in [2.24, 2.45) is 0 Å². The molecule has 0 unspecified atom stereocenters. The zero-order valence-electron chi connectivity index (χ0n) is 15.0. The number of nitrogens with one attached hydrogen (secondary N) is 1. The van der Waals surface area contributed by atoms with Crippen molar-refractivity contribution in [2.75, 3.05) is 19.4 Å². The number of anilines is 1. The number of hydrogen-bond donors (Lipinski definition) is 1. The summed E-state index contributed by atoms with van der Waals surface area (Å²) in [6, 6.07) is 11.1. The first kappa shape index (κ1) is 20.4. The van der Waals surface area contributed by atoms with Gasteiger partial charge in [-0.15, -0.1) is 0 Å². The van der Waals surface area contributed by atoms with Crippen molar-refractivity contribution in [2.45, 2.75) is 24.8 Å². The monoisotopic (exact) mass is 440 g/mol. The van der Waals surface area contributed by atoms with Crippen LogP contribution < -0.4 is 10.1 Å². The Bertz CT molecular complexity index is 894. The molecule has 0 radical (unpaired) electrons. The highest BCUT2D eigenvalue weighted by Crippen LogP contribution is 2.27. The van der Waals surface area contributed by atoms with Gasteiger partial charge in [0.05, 0.1) is 15.5 Å². The standard InChI is InChI=1S/C18H21BrN2O4S/c1-12(2)25-17-10-5-13(11-16(17)19)18(22)20-14-6-8-15(9-7-14)26(23,24)21(3)4/h5-12H,1-4H3,(H,20,22). The van der Waals surface area contributed by atoms with E-state index in [1.807, 2.05) is 13.8 Å². The van der Waals surface area contributed by atoms with Crippen LogP contribution in [0.4, 0.5) is 5.69 Å². The third-order valence-electron chi connectivity index (χ3n) is 3.45. The lowest BCUT2D eigenvalue weighted by molar-refractivity contribution is 0.102. The lowest BCUT2D eigenvalue weighted by Gasteiger charge is -2.13. The molecule has 1 amide bonds. The summed E-state index contributed by atoms with van der Waals surface area (Å²) in [4.78, 5) is 12.6. The van der Waals surface area contributed by atoms with Crippen LogP contribution in [0.3, 0.4) is 0 Å². The van der Waals surface area contributed by atoms with E-state index < -0.39 is 10.0 Å². The van der Waals surface area contributed by atoms with Crippen LogP contribution in [0.15, 0.2) is 51.8 Å². The van der Waals surface area contributed by atoms with Crippen molar-refractivity contribution in [3.63, 3.8) is 0 Å². The minimum Gasteiger partial charge on any atom is -0.490 e. The molecule has 2 aromatic carbocycles. The van der Waals surface area contributed by atoms with Gasteiger partial charge in [0.15, 0.2) is 0 Å². The Morgan fingerprint density at radius 1 is 1.12 bits per heavy atom. The van der Waals surface area contributed by atoms with Crippen LogP contribution in [0.2, 0.25) is 0 Å². The highest BCUT2D eigenvalue weighted by molar-refractivity contribution is 9.10. The summed E-state index contributed by atoms with van der Waals surface area (Å²) >= 11 is 3.40. The van der Waals surface area contributed by atoms with E-state index in [9.17, 15) is 13.2 Å². The van der Waals surface area contributed by atoms with Crippen LogP contribution in [-0.2, 0) is 10.0 Å². The van der Waals surface area contributed by atoms with Gasteiger partial charge in [0, 0.05) is 25.3 Å². The Labute approximate surface area is 162 Å². The average Bonchev–Trinajstić information content (AvgIpc) is 2.56. The summed E-state index contributed by atoms with van der Waals surface area (Å²) < 4.78 is 31.6. The Hall–Kier alpha value is -1.90. The zero-order chi connectivity index (χ0) is 19.5. The number of rotatable bonds is 6. The van der Waals surface area contributed by atoms with Crippen molar-refractivity contribution in [1.82, 2.24) is 4.31 Å². The molecule has 0 heterocycles. The van der Waals surface area contributed by atoms with Crippen LogP contribution in [0.25, 0.3) is 0 Å². The van der Waals surface area contributed by atoms with E-state index in [0.29, 0.717) is 21.5 Å². The maximum absolute atomic E-state index is 12.4. The van der Waals surface area contributed by atoms with Crippen molar-refractivity contribution in [3.8, 4) is 5.75 Å². The Balaban J connectivity index is 2.14. The number of ether oxygens (including phenoxy) is 1. The molecule has 0 spiro atoms. The van der Waals surface area contributed by atoms with Crippen molar-refractivity contribution in [3.05, 3.63) is 52.5 Å². The van der Waals surface area contributed by atoms with E-state index in [4.69, 9.17) is 4.74 Å². The topological polar surface area (TPSA) is 75.7 Å². The highest BCUT2D eigenvalue weighted by atomic mass is 79.9. The van der Waals surface area contributed by atoms with E-state index in [2.05, 4.69) is 21.2 Å². The Morgan fingerprint density at radius 3 is 2.23 bits per heavy atom. The molecule has 140 valence electrons. The van der Waals surface area contributed by atoms with E-state index >= 15 is 0 Å². The summed E-state index contributed by atoms with van der Waals surface area (Å²) in [6.07, 6.45) is 0.0305. The quantitative estimate of drug-likeness (QED) is 0.741. The number of amides is 1. The molecular weight excluding hydrogens is 420 g/mol. The van der Waals surface area contributed by atoms with E-state index in [1.165, 1.54) is 26.2 Å². The van der Waals surface area contributed by atoms with Crippen LogP contribution in [-0.4, -0.2) is 38.8 Å². The second kappa shape index (κ2) is 8.20. The normalized spacial score (nSPS) is 11.7. The largest absolute Gasteiger partial charge is 0.490 e. The van der Waals surface area contributed by atoms with Gasteiger partial charge in [-0.2, -0.15) is 0 Å². The number of carbonyl (C=O) groups is 1. The second-order valence-corrected chi connectivity index (χ2v) is 9.08. The molecule has 0 aliphatic heterocycles.